The van der Waals surface area contributed by atoms with Crippen LogP contribution >= 0.6 is 11.8 Å². The van der Waals surface area contributed by atoms with E-state index in [2.05, 4.69) is 15.3 Å². The van der Waals surface area contributed by atoms with Gasteiger partial charge in [0.1, 0.15) is 5.75 Å². The zero-order valence-corrected chi connectivity index (χ0v) is 16.5. The van der Waals surface area contributed by atoms with Crippen molar-refractivity contribution in [1.29, 1.82) is 0 Å². The number of aromatic nitrogens is 2. The Balaban J connectivity index is 1.68. The van der Waals surface area contributed by atoms with Gasteiger partial charge in [-0.3, -0.25) is 9.59 Å². The van der Waals surface area contributed by atoms with E-state index in [1.54, 1.807) is 31.2 Å². The molecule has 28 heavy (non-hydrogen) atoms. The van der Waals surface area contributed by atoms with Crippen molar-refractivity contribution in [2.75, 3.05) is 11.9 Å². The van der Waals surface area contributed by atoms with E-state index >= 15 is 0 Å². The van der Waals surface area contributed by atoms with Gasteiger partial charge in [0.05, 0.1) is 17.6 Å². The number of carbonyl (C=O) groups is 1. The van der Waals surface area contributed by atoms with Gasteiger partial charge in [-0.15, -0.1) is 0 Å². The number of hydrogen-bond donors (Lipinski definition) is 2. The fourth-order valence-electron chi connectivity index (χ4n) is 2.51. The van der Waals surface area contributed by atoms with Crippen LogP contribution in [-0.2, 0) is 4.79 Å². The van der Waals surface area contributed by atoms with Gasteiger partial charge in [-0.05, 0) is 38.1 Å². The van der Waals surface area contributed by atoms with E-state index in [4.69, 9.17) is 4.74 Å². The number of hydrogen-bond acceptors (Lipinski definition) is 5. The number of carbonyl (C=O) groups excluding carboxylic acids is 1. The van der Waals surface area contributed by atoms with Crippen LogP contribution in [-0.4, -0.2) is 27.7 Å². The number of anilines is 1. The molecule has 2 N–H and O–H groups in total. The maximum Gasteiger partial charge on any atom is 0.252 e. The van der Waals surface area contributed by atoms with Crippen LogP contribution in [0, 0.1) is 0 Å². The predicted octanol–water partition coefficient (Wildman–Crippen LogP) is 3.95. The third-order valence-electron chi connectivity index (χ3n) is 3.88. The molecule has 1 aromatic heterocycles. The largest absolute Gasteiger partial charge is 0.494 e. The molecule has 0 fully saturated rings. The number of nitrogens with zero attached hydrogens (tertiary/aromatic N) is 1. The first-order chi connectivity index (χ1) is 13.5. The van der Waals surface area contributed by atoms with Gasteiger partial charge in [-0.1, -0.05) is 42.1 Å². The van der Waals surface area contributed by atoms with Crippen LogP contribution in [0.1, 0.15) is 13.8 Å². The van der Waals surface area contributed by atoms with E-state index in [-0.39, 0.29) is 11.5 Å². The minimum atomic E-state index is -0.444. The lowest BCUT2D eigenvalue weighted by Gasteiger charge is -2.12. The van der Waals surface area contributed by atoms with Crippen LogP contribution in [0.5, 0.6) is 5.75 Å². The van der Waals surface area contributed by atoms with Crippen molar-refractivity contribution in [3.8, 4) is 17.0 Å². The summed E-state index contributed by atoms with van der Waals surface area (Å²) in [7, 11) is 0. The summed E-state index contributed by atoms with van der Waals surface area (Å²) in [6.45, 7) is 4.27. The standard InChI is InChI=1S/C21H21N3O3S/c1-3-27-17-11-9-16(10-12-17)22-20(26)14(2)28-21-23-18(13-19(25)24-21)15-7-5-4-6-8-15/h4-14H,3H2,1-2H3,(H,22,26)(H,23,24,25)/t14-/m0/s1. The Bertz CT molecular complexity index is 988. The molecule has 3 aromatic rings. The number of benzene rings is 2. The fourth-order valence-corrected chi connectivity index (χ4v) is 3.33. The third-order valence-corrected chi connectivity index (χ3v) is 4.86. The number of nitrogens with one attached hydrogen (secondary N) is 2. The summed E-state index contributed by atoms with van der Waals surface area (Å²) >= 11 is 1.20. The molecule has 1 atom stereocenters. The Kier molecular flexibility index (Phi) is 6.49. The van der Waals surface area contributed by atoms with E-state index in [1.807, 2.05) is 37.3 Å². The molecule has 144 valence electrons. The Labute approximate surface area is 167 Å². The summed E-state index contributed by atoms with van der Waals surface area (Å²) in [6, 6.07) is 18.1. The first-order valence-corrected chi connectivity index (χ1v) is 9.80. The van der Waals surface area contributed by atoms with Gasteiger partial charge >= 0.3 is 0 Å². The molecule has 7 heteroatoms. The SMILES string of the molecule is CCOc1ccc(NC(=O)[C@H](C)Sc2nc(-c3ccccc3)cc(=O)[nH]2)cc1. The summed E-state index contributed by atoms with van der Waals surface area (Å²) in [5, 5.41) is 2.82. The van der Waals surface area contributed by atoms with Crippen molar-refractivity contribution in [1.82, 2.24) is 9.97 Å². The van der Waals surface area contributed by atoms with E-state index in [1.165, 1.54) is 17.8 Å². The van der Waals surface area contributed by atoms with Crippen molar-refractivity contribution >= 4 is 23.4 Å². The van der Waals surface area contributed by atoms with Gasteiger partial charge in [-0.25, -0.2) is 4.98 Å². The lowest BCUT2D eigenvalue weighted by Crippen LogP contribution is -2.23. The molecular formula is C21H21N3O3S. The van der Waals surface area contributed by atoms with Crippen LogP contribution in [0.3, 0.4) is 0 Å². The fraction of sp³-hybridized carbons (Fsp3) is 0.190. The van der Waals surface area contributed by atoms with Crippen LogP contribution < -0.4 is 15.6 Å². The minimum Gasteiger partial charge on any atom is -0.494 e. The zero-order chi connectivity index (χ0) is 19.9. The molecule has 0 radical (unpaired) electrons. The van der Waals surface area contributed by atoms with Crippen molar-refractivity contribution in [2.24, 2.45) is 0 Å². The summed E-state index contributed by atoms with van der Waals surface area (Å²) in [6.07, 6.45) is 0. The first-order valence-electron chi connectivity index (χ1n) is 8.92. The number of aromatic amines is 1. The normalized spacial score (nSPS) is 11.6. The number of H-pyrrole nitrogens is 1. The highest BCUT2D eigenvalue weighted by atomic mass is 32.2. The van der Waals surface area contributed by atoms with E-state index < -0.39 is 5.25 Å². The monoisotopic (exact) mass is 395 g/mol. The first kappa shape index (κ1) is 19.7. The Hall–Kier alpha value is -3.06. The van der Waals surface area contributed by atoms with Gasteiger partial charge < -0.3 is 15.0 Å². The molecule has 2 aromatic carbocycles. The highest BCUT2D eigenvalue weighted by molar-refractivity contribution is 8.00. The van der Waals surface area contributed by atoms with Gasteiger partial charge in [0.15, 0.2) is 5.16 Å². The van der Waals surface area contributed by atoms with E-state index in [9.17, 15) is 9.59 Å². The zero-order valence-electron chi connectivity index (χ0n) is 15.6. The smallest absolute Gasteiger partial charge is 0.252 e. The summed E-state index contributed by atoms with van der Waals surface area (Å²) in [5.41, 5.74) is 1.85. The maximum atomic E-state index is 12.5. The van der Waals surface area contributed by atoms with Crippen LogP contribution in [0.25, 0.3) is 11.3 Å². The molecule has 0 spiro atoms. The second kappa shape index (κ2) is 9.23. The van der Waals surface area contributed by atoms with Crippen molar-refractivity contribution in [2.45, 2.75) is 24.3 Å². The van der Waals surface area contributed by atoms with Crippen molar-refractivity contribution in [3.05, 3.63) is 71.0 Å². The highest BCUT2D eigenvalue weighted by Gasteiger charge is 2.17. The van der Waals surface area contributed by atoms with E-state index in [0.717, 1.165) is 11.3 Å². The summed E-state index contributed by atoms with van der Waals surface area (Å²) in [4.78, 5) is 31.6. The molecular weight excluding hydrogens is 374 g/mol. The number of ether oxygens (including phenoxy) is 1. The van der Waals surface area contributed by atoms with Crippen LogP contribution in [0.15, 0.2) is 70.6 Å². The molecule has 0 aliphatic carbocycles. The van der Waals surface area contributed by atoms with Gasteiger partial charge in [0, 0.05) is 17.3 Å². The number of rotatable bonds is 7. The Morgan fingerprint density at radius 2 is 1.89 bits per heavy atom. The minimum absolute atomic E-state index is 0.179. The van der Waals surface area contributed by atoms with Crippen molar-refractivity contribution < 1.29 is 9.53 Å². The second-order valence-corrected chi connectivity index (χ2v) is 7.34. The lowest BCUT2D eigenvalue weighted by atomic mass is 10.1. The average molecular weight is 395 g/mol. The molecule has 0 saturated carbocycles. The quantitative estimate of drug-likeness (QED) is 0.467. The number of amides is 1. The summed E-state index contributed by atoms with van der Waals surface area (Å²) < 4.78 is 5.39. The van der Waals surface area contributed by atoms with Gasteiger partial charge in [0.2, 0.25) is 5.91 Å². The highest BCUT2D eigenvalue weighted by Crippen LogP contribution is 2.23. The molecule has 3 rings (SSSR count). The molecule has 1 amide bonds. The molecule has 1 heterocycles. The van der Waals surface area contributed by atoms with Crippen LogP contribution in [0.2, 0.25) is 0 Å². The molecule has 0 bridgehead atoms. The second-order valence-electron chi connectivity index (χ2n) is 6.01. The summed E-state index contributed by atoms with van der Waals surface area (Å²) in [5.74, 6) is 0.573. The number of thioether (sulfide) groups is 1. The maximum absolute atomic E-state index is 12.5. The van der Waals surface area contributed by atoms with E-state index in [0.29, 0.717) is 23.1 Å². The third kappa shape index (κ3) is 5.23. The van der Waals surface area contributed by atoms with Gasteiger partial charge in [0.25, 0.3) is 5.56 Å². The molecule has 0 aliphatic rings. The average Bonchev–Trinajstić information content (AvgIpc) is 2.70. The molecule has 0 saturated heterocycles. The lowest BCUT2D eigenvalue weighted by molar-refractivity contribution is -0.115. The predicted molar refractivity (Wildman–Crippen MR) is 112 cm³/mol. The molecule has 0 unspecified atom stereocenters. The Morgan fingerprint density at radius 1 is 1.18 bits per heavy atom. The topological polar surface area (TPSA) is 84.1 Å². The van der Waals surface area contributed by atoms with Crippen LogP contribution in [0.4, 0.5) is 5.69 Å². The Morgan fingerprint density at radius 3 is 2.57 bits per heavy atom. The molecule has 6 nitrogen and oxygen atoms in total. The molecule has 0 aliphatic heterocycles. The van der Waals surface area contributed by atoms with Crippen molar-refractivity contribution in [3.63, 3.8) is 0 Å². The van der Waals surface area contributed by atoms with Gasteiger partial charge in [-0.2, -0.15) is 0 Å².